The molecule has 0 amide bonds. The summed E-state index contributed by atoms with van der Waals surface area (Å²) in [5.41, 5.74) is 3.26. The van der Waals surface area contributed by atoms with Gasteiger partial charge in [-0.25, -0.2) is 0 Å². The molecule has 0 saturated carbocycles. The number of nitrogens with one attached hydrogen (secondary N) is 1. The van der Waals surface area contributed by atoms with Crippen molar-refractivity contribution in [3.8, 4) is 17.1 Å². The fraction of sp³-hybridized carbons (Fsp3) is 0.176. The zero-order valence-electron chi connectivity index (χ0n) is 12.4. The van der Waals surface area contributed by atoms with E-state index in [0.29, 0.717) is 15.7 Å². The predicted molar refractivity (Wildman–Crippen MR) is 93.3 cm³/mol. The minimum Gasteiger partial charge on any atom is -0.268 e. The van der Waals surface area contributed by atoms with Crippen molar-refractivity contribution in [3.05, 3.63) is 63.9 Å². The molecule has 0 aliphatic carbocycles. The number of aromatic amines is 1. The van der Waals surface area contributed by atoms with Crippen molar-refractivity contribution in [2.75, 3.05) is 0 Å². The van der Waals surface area contributed by atoms with Gasteiger partial charge in [-0.3, -0.25) is 9.67 Å². The maximum absolute atomic E-state index is 5.97. The lowest BCUT2D eigenvalue weighted by atomic mass is 10.0. The second kappa shape index (κ2) is 6.07. The minimum atomic E-state index is 0.395. The Morgan fingerprint density at radius 2 is 1.77 bits per heavy atom. The maximum atomic E-state index is 5.97. The van der Waals surface area contributed by atoms with Gasteiger partial charge in [0.1, 0.15) is 0 Å². The van der Waals surface area contributed by atoms with Crippen LogP contribution in [0.15, 0.2) is 48.5 Å². The first-order valence-corrected chi connectivity index (χ1v) is 7.89. The van der Waals surface area contributed by atoms with Crippen molar-refractivity contribution in [2.24, 2.45) is 0 Å². The number of H-pyrrole nitrogens is 1. The van der Waals surface area contributed by atoms with E-state index in [-0.39, 0.29) is 0 Å². The topological polar surface area (TPSA) is 33.6 Å². The third kappa shape index (κ3) is 2.72. The molecule has 1 heterocycles. The van der Waals surface area contributed by atoms with Gasteiger partial charge in [0, 0.05) is 10.6 Å². The fourth-order valence-corrected chi connectivity index (χ4v) is 2.85. The summed E-state index contributed by atoms with van der Waals surface area (Å²) in [5.74, 6) is 1.18. The summed E-state index contributed by atoms with van der Waals surface area (Å²) in [7, 11) is 0. The molecule has 2 aromatic carbocycles. The van der Waals surface area contributed by atoms with Gasteiger partial charge in [-0.15, -0.1) is 0 Å². The highest BCUT2D eigenvalue weighted by Crippen LogP contribution is 2.28. The molecule has 0 unspecified atom stereocenters. The Hall–Kier alpha value is -1.91. The lowest BCUT2D eigenvalue weighted by molar-refractivity contribution is 0.845. The van der Waals surface area contributed by atoms with Crippen molar-refractivity contribution < 1.29 is 0 Å². The zero-order chi connectivity index (χ0) is 15.7. The molecule has 3 aromatic rings. The highest BCUT2D eigenvalue weighted by atomic mass is 35.5. The molecule has 0 aliphatic heterocycles. The number of aromatic nitrogens is 3. The molecule has 0 bridgehead atoms. The number of halogens is 1. The monoisotopic (exact) mass is 329 g/mol. The number of benzene rings is 2. The van der Waals surface area contributed by atoms with Gasteiger partial charge in [-0.05, 0) is 54.0 Å². The molecular weight excluding hydrogens is 314 g/mol. The highest BCUT2D eigenvalue weighted by Gasteiger charge is 2.14. The number of rotatable bonds is 3. The van der Waals surface area contributed by atoms with Gasteiger partial charge < -0.3 is 0 Å². The predicted octanol–water partition coefficient (Wildman–Crippen LogP) is 5.37. The van der Waals surface area contributed by atoms with Crippen molar-refractivity contribution in [2.45, 2.75) is 19.8 Å². The van der Waals surface area contributed by atoms with Crippen LogP contribution in [-0.2, 0) is 0 Å². The Morgan fingerprint density at radius 3 is 2.45 bits per heavy atom. The number of hydrogen-bond acceptors (Lipinski definition) is 2. The van der Waals surface area contributed by atoms with Crippen molar-refractivity contribution in [1.29, 1.82) is 0 Å². The largest absolute Gasteiger partial charge is 0.268 e. The summed E-state index contributed by atoms with van der Waals surface area (Å²) in [6, 6.07) is 15.9. The van der Waals surface area contributed by atoms with Crippen LogP contribution in [0.25, 0.3) is 17.1 Å². The van der Waals surface area contributed by atoms with Crippen LogP contribution in [-0.4, -0.2) is 14.8 Å². The normalized spacial score (nSPS) is 11.1. The van der Waals surface area contributed by atoms with E-state index in [9.17, 15) is 0 Å². The molecule has 0 atom stereocenters. The summed E-state index contributed by atoms with van der Waals surface area (Å²) < 4.78 is 2.56. The number of nitrogens with zero attached hydrogens (tertiary/aromatic N) is 2. The Balaban J connectivity index is 2.23. The van der Waals surface area contributed by atoms with Crippen LogP contribution >= 0.6 is 23.8 Å². The van der Waals surface area contributed by atoms with Crippen molar-refractivity contribution in [1.82, 2.24) is 14.8 Å². The SMILES string of the molecule is CC(C)c1ccccc1-n1c(-c2ccc(Cl)cc2)n[nH]c1=S. The van der Waals surface area contributed by atoms with Crippen molar-refractivity contribution in [3.63, 3.8) is 0 Å². The van der Waals surface area contributed by atoms with E-state index in [4.69, 9.17) is 23.8 Å². The molecule has 1 aromatic heterocycles. The molecule has 112 valence electrons. The van der Waals surface area contributed by atoms with Gasteiger partial charge in [0.15, 0.2) is 10.6 Å². The second-order valence-electron chi connectivity index (χ2n) is 5.41. The molecule has 0 aliphatic rings. The van der Waals surface area contributed by atoms with Crippen LogP contribution in [0.1, 0.15) is 25.3 Å². The Morgan fingerprint density at radius 1 is 1.09 bits per heavy atom. The Labute approximate surface area is 139 Å². The summed E-state index contributed by atoms with van der Waals surface area (Å²) in [6.45, 7) is 4.34. The molecule has 0 saturated heterocycles. The molecular formula is C17H16ClN3S. The fourth-order valence-electron chi connectivity index (χ4n) is 2.49. The average Bonchev–Trinajstić information content (AvgIpc) is 2.89. The van der Waals surface area contributed by atoms with Gasteiger partial charge in [-0.1, -0.05) is 43.6 Å². The van der Waals surface area contributed by atoms with E-state index in [0.717, 1.165) is 17.1 Å². The van der Waals surface area contributed by atoms with E-state index in [1.165, 1.54) is 5.56 Å². The van der Waals surface area contributed by atoms with E-state index >= 15 is 0 Å². The Bertz CT molecular complexity index is 847. The van der Waals surface area contributed by atoms with Gasteiger partial charge >= 0.3 is 0 Å². The average molecular weight is 330 g/mol. The third-order valence-electron chi connectivity index (χ3n) is 3.57. The molecule has 22 heavy (non-hydrogen) atoms. The van der Waals surface area contributed by atoms with Gasteiger partial charge in [0.25, 0.3) is 0 Å². The lowest BCUT2D eigenvalue weighted by Crippen LogP contribution is -2.03. The van der Waals surface area contributed by atoms with Crippen molar-refractivity contribution >= 4 is 23.8 Å². The molecule has 1 N–H and O–H groups in total. The minimum absolute atomic E-state index is 0.395. The molecule has 0 fully saturated rings. The Kier molecular flexibility index (Phi) is 4.14. The smallest absolute Gasteiger partial charge is 0.200 e. The van der Waals surface area contributed by atoms with Gasteiger partial charge in [0.05, 0.1) is 5.69 Å². The molecule has 5 heteroatoms. The van der Waals surface area contributed by atoms with E-state index in [1.807, 2.05) is 41.0 Å². The van der Waals surface area contributed by atoms with E-state index < -0.39 is 0 Å². The zero-order valence-corrected chi connectivity index (χ0v) is 13.9. The molecule has 3 nitrogen and oxygen atoms in total. The summed E-state index contributed by atoms with van der Waals surface area (Å²) in [4.78, 5) is 0. The first-order valence-electron chi connectivity index (χ1n) is 7.10. The maximum Gasteiger partial charge on any atom is 0.200 e. The molecule has 0 spiro atoms. The summed E-state index contributed by atoms with van der Waals surface area (Å²) >= 11 is 11.4. The first-order chi connectivity index (χ1) is 10.6. The second-order valence-corrected chi connectivity index (χ2v) is 6.23. The van der Waals surface area contributed by atoms with Crippen LogP contribution in [0.5, 0.6) is 0 Å². The van der Waals surface area contributed by atoms with Gasteiger partial charge in [-0.2, -0.15) is 5.10 Å². The molecule has 3 rings (SSSR count). The summed E-state index contributed by atoms with van der Waals surface area (Å²) in [5, 5.41) is 7.99. The standard InChI is InChI=1S/C17H16ClN3S/c1-11(2)14-5-3-4-6-15(14)21-16(19-20-17(21)22)12-7-9-13(18)10-8-12/h3-11H,1-2H3,(H,20,22). The van der Waals surface area contributed by atoms with Crippen LogP contribution in [0, 0.1) is 4.77 Å². The van der Waals surface area contributed by atoms with E-state index in [2.05, 4.69) is 36.2 Å². The van der Waals surface area contributed by atoms with Crippen LogP contribution in [0.4, 0.5) is 0 Å². The number of hydrogen-bond donors (Lipinski definition) is 1. The highest BCUT2D eigenvalue weighted by molar-refractivity contribution is 7.71. The lowest BCUT2D eigenvalue weighted by Gasteiger charge is -2.15. The van der Waals surface area contributed by atoms with Crippen LogP contribution < -0.4 is 0 Å². The molecule has 0 radical (unpaired) electrons. The summed E-state index contributed by atoms with van der Waals surface area (Å²) in [6.07, 6.45) is 0. The number of para-hydroxylation sites is 1. The van der Waals surface area contributed by atoms with E-state index in [1.54, 1.807) is 0 Å². The third-order valence-corrected chi connectivity index (χ3v) is 4.10. The van der Waals surface area contributed by atoms with Crippen LogP contribution in [0.2, 0.25) is 5.02 Å². The van der Waals surface area contributed by atoms with Gasteiger partial charge in [0.2, 0.25) is 0 Å². The first kappa shape index (κ1) is 15.0. The van der Waals surface area contributed by atoms with Crippen LogP contribution in [0.3, 0.4) is 0 Å². The quantitative estimate of drug-likeness (QED) is 0.655.